The van der Waals surface area contributed by atoms with Gasteiger partial charge in [-0.3, -0.25) is 14.4 Å². The van der Waals surface area contributed by atoms with Crippen LogP contribution in [0.15, 0.2) is 48.7 Å². The van der Waals surface area contributed by atoms with E-state index in [2.05, 4.69) is 15.6 Å². The van der Waals surface area contributed by atoms with Crippen molar-refractivity contribution in [1.29, 1.82) is 0 Å². The number of carboxylic acid groups (broad SMARTS) is 1. The van der Waals surface area contributed by atoms with Crippen molar-refractivity contribution >= 4 is 23.6 Å². The molecule has 1 saturated heterocycles. The average molecular weight is 426 g/mol. The number of nitrogens with one attached hydrogen (secondary N) is 2. The molecule has 0 aliphatic carbocycles. The van der Waals surface area contributed by atoms with E-state index in [4.69, 9.17) is 9.84 Å². The van der Waals surface area contributed by atoms with Crippen molar-refractivity contribution in [3.8, 4) is 0 Å². The summed E-state index contributed by atoms with van der Waals surface area (Å²) in [6, 6.07) is 10.5. The highest BCUT2D eigenvalue weighted by Gasteiger charge is 2.25. The zero-order valence-electron chi connectivity index (χ0n) is 17.3. The van der Waals surface area contributed by atoms with Crippen molar-refractivity contribution in [3.63, 3.8) is 0 Å². The second-order valence-electron chi connectivity index (χ2n) is 7.29. The molecule has 1 aromatic heterocycles. The van der Waals surface area contributed by atoms with Gasteiger partial charge in [0.1, 0.15) is 17.9 Å². The number of amides is 2. The lowest BCUT2D eigenvalue weighted by atomic mass is 10.0. The van der Waals surface area contributed by atoms with E-state index < -0.39 is 29.9 Å². The smallest absolute Gasteiger partial charge is 0.325 e. The van der Waals surface area contributed by atoms with Gasteiger partial charge in [-0.1, -0.05) is 30.3 Å². The molecule has 3 N–H and O–H groups in total. The fourth-order valence-corrected chi connectivity index (χ4v) is 3.20. The Morgan fingerprint density at radius 1 is 1.13 bits per heavy atom. The summed E-state index contributed by atoms with van der Waals surface area (Å²) in [6.07, 6.45) is 1.78. The minimum absolute atomic E-state index is 0.228. The summed E-state index contributed by atoms with van der Waals surface area (Å²) < 4.78 is 5.35. The number of anilines is 1. The van der Waals surface area contributed by atoms with Gasteiger partial charge in [-0.2, -0.15) is 0 Å². The number of hydrogen-bond donors (Lipinski definition) is 3. The summed E-state index contributed by atoms with van der Waals surface area (Å²) >= 11 is 0. The molecule has 31 heavy (non-hydrogen) atoms. The van der Waals surface area contributed by atoms with E-state index in [0.29, 0.717) is 37.7 Å². The molecular formula is C22H26N4O5. The molecule has 2 heterocycles. The lowest BCUT2D eigenvalue weighted by molar-refractivity contribution is -0.141. The first-order valence-corrected chi connectivity index (χ1v) is 10.1. The molecule has 0 radical (unpaired) electrons. The van der Waals surface area contributed by atoms with Crippen LogP contribution in [0.3, 0.4) is 0 Å². The Balaban J connectivity index is 1.75. The summed E-state index contributed by atoms with van der Waals surface area (Å²) in [5, 5.41) is 14.3. The molecule has 9 nitrogen and oxygen atoms in total. The first-order chi connectivity index (χ1) is 14.9. The Labute approximate surface area is 180 Å². The third kappa shape index (κ3) is 6.26. The minimum Gasteiger partial charge on any atom is -0.480 e. The van der Waals surface area contributed by atoms with E-state index in [1.165, 1.54) is 6.92 Å². The van der Waals surface area contributed by atoms with Gasteiger partial charge in [-0.05, 0) is 24.6 Å². The third-order valence-corrected chi connectivity index (χ3v) is 4.98. The van der Waals surface area contributed by atoms with Gasteiger partial charge in [0.25, 0.3) is 5.91 Å². The Bertz CT molecular complexity index is 915. The van der Waals surface area contributed by atoms with Crippen LogP contribution < -0.4 is 15.5 Å². The molecule has 2 amide bonds. The first-order valence-electron chi connectivity index (χ1n) is 10.1. The number of morpholine rings is 1. The van der Waals surface area contributed by atoms with Crippen molar-refractivity contribution in [2.45, 2.75) is 25.4 Å². The van der Waals surface area contributed by atoms with Crippen LogP contribution in [0.1, 0.15) is 22.8 Å². The van der Waals surface area contributed by atoms with Crippen molar-refractivity contribution in [1.82, 2.24) is 15.6 Å². The predicted octanol–water partition coefficient (Wildman–Crippen LogP) is 0.849. The Kier molecular flexibility index (Phi) is 7.55. The van der Waals surface area contributed by atoms with Crippen LogP contribution in [0.2, 0.25) is 0 Å². The van der Waals surface area contributed by atoms with E-state index in [9.17, 15) is 14.4 Å². The Hall–Kier alpha value is -3.46. The number of ether oxygens (including phenoxy) is 1. The maximum absolute atomic E-state index is 12.9. The monoisotopic (exact) mass is 426 g/mol. The molecule has 1 aliphatic rings. The highest BCUT2D eigenvalue weighted by molar-refractivity contribution is 5.98. The molecule has 1 fully saturated rings. The minimum atomic E-state index is -1.15. The van der Waals surface area contributed by atoms with Gasteiger partial charge in [0.05, 0.1) is 13.2 Å². The normalized spacial score (nSPS) is 15.6. The van der Waals surface area contributed by atoms with Crippen molar-refractivity contribution in [2.75, 3.05) is 31.2 Å². The van der Waals surface area contributed by atoms with Crippen molar-refractivity contribution < 1.29 is 24.2 Å². The number of carbonyl (C=O) groups is 3. The SMILES string of the molecule is CC(NC(=O)C(Cc1ccccc1)NC(=O)c1ccnc(N2CCOCC2)c1)C(=O)O. The van der Waals surface area contributed by atoms with Gasteiger partial charge in [-0.15, -0.1) is 0 Å². The van der Waals surface area contributed by atoms with Crippen LogP contribution in [0.4, 0.5) is 5.82 Å². The summed E-state index contributed by atoms with van der Waals surface area (Å²) in [4.78, 5) is 43.1. The van der Waals surface area contributed by atoms with E-state index in [0.717, 1.165) is 5.56 Å². The number of nitrogens with zero attached hydrogens (tertiary/aromatic N) is 2. The van der Waals surface area contributed by atoms with E-state index in [1.807, 2.05) is 35.2 Å². The molecule has 164 valence electrons. The number of pyridine rings is 1. The van der Waals surface area contributed by atoms with Crippen LogP contribution in [0.5, 0.6) is 0 Å². The zero-order valence-corrected chi connectivity index (χ0v) is 17.3. The topological polar surface area (TPSA) is 121 Å². The first kappa shape index (κ1) is 22.2. The lowest BCUT2D eigenvalue weighted by Crippen LogP contribution is -2.51. The van der Waals surface area contributed by atoms with Gasteiger partial charge in [0.15, 0.2) is 0 Å². The van der Waals surface area contributed by atoms with E-state index in [-0.39, 0.29) is 6.42 Å². The van der Waals surface area contributed by atoms with Gasteiger partial charge in [0.2, 0.25) is 5.91 Å². The number of rotatable bonds is 8. The summed E-state index contributed by atoms with van der Waals surface area (Å²) in [6.45, 7) is 3.94. The fraction of sp³-hybridized carbons (Fsp3) is 0.364. The fourth-order valence-electron chi connectivity index (χ4n) is 3.20. The lowest BCUT2D eigenvalue weighted by Gasteiger charge is -2.28. The van der Waals surface area contributed by atoms with Crippen molar-refractivity contribution in [3.05, 3.63) is 59.8 Å². The highest BCUT2D eigenvalue weighted by Crippen LogP contribution is 2.15. The van der Waals surface area contributed by atoms with Gasteiger partial charge < -0.3 is 25.4 Å². The molecular weight excluding hydrogens is 400 g/mol. The maximum atomic E-state index is 12.9. The van der Waals surface area contributed by atoms with Crippen LogP contribution in [-0.2, 0) is 20.7 Å². The number of aromatic nitrogens is 1. The quantitative estimate of drug-likeness (QED) is 0.572. The number of aliphatic carboxylic acids is 1. The second-order valence-corrected chi connectivity index (χ2v) is 7.29. The highest BCUT2D eigenvalue weighted by atomic mass is 16.5. The molecule has 2 unspecified atom stereocenters. The summed E-state index contributed by atoms with van der Waals surface area (Å²) in [7, 11) is 0. The third-order valence-electron chi connectivity index (χ3n) is 4.98. The predicted molar refractivity (Wildman–Crippen MR) is 114 cm³/mol. The maximum Gasteiger partial charge on any atom is 0.325 e. The molecule has 2 aromatic rings. The molecule has 0 spiro atoms. The van der Waals surface area contributed by atoms with Gasteiger partial charge in [0, 0.05) is 31.3 Å². The number of benzene rings is 1. The number of hydrogen-bond acceptors (Lipinski definition) is 6. The summed E-state index contributed by atoms with van der Waals surface area (Å²) in [5.74, 6) is -1.48. The molecule has 2 atom stereocenters. The van der Waals surface area contributed by atoms with Crippen LogP contribution >= 0.6 is 0 Å². The van der Waals surface area contributed by atoms with Crippen molar-refractivity contribution in [2.24, 2.45) is 0 Å². The molecule has 1 aromatic carbocycles. The molecule has 0 saturated carbocycles. The average Bonchev–Trinajstić information content (AvgIpc) is 2.79. The van der Waals surface area contributed by atoms with E-state index >= 15 is 0 Å². The van der Waals surface area contributed by atoms with Gasteiger partial charge >= 0.3 is 5.97 Å². The van der Waals surface area contributed by atoms with E-state index in [1.54, 1.807) is 18.3 Å². The zero-order chi connectivity index (χ0) is 22.2. The van der Waals surface area contributed by atoms with Crippen LogP contribution in [0, 0.1) is 0 Å². The molecule has 1 aliphatic heterocycles. The molecule has 9 heteroatoms. The standard InChI is InChI=1S/C22H26N4O5/c1-15(22(29)30)24-21(28)18(13-16-5-3-2-4-6-16)25-20(27)17-7-8-23-19(14-17)26-9-11-31-12-10-26/h2-8,14-15,18H,9-13H2,1H3,(H,24,28)(H,25,27)(H,29,30). The largest absolute Gasteiger partial charge is 0.480 e. The van der Waals surface area contributed by atoms with Crippen LogP contribution in [0.25, 0.3) is 0 Å². The molecule has 3 rings (SSSR count). The van der Waals surface area contributed by atoms with Gasteiger partial charge in [-0.25, -0.2) is 4.98 Å². The Morgan fingerprint density at radius 2 is 1.84 bits per heavy atom. The number of carbonyl (C=O) groups excluding carboxylic acids is 2. The summed E-state index contributed by atoms with van der Waals surface area (Å²) in [5.41, 5.74) is 1.21. The van der Waals surface area contributed by atoms with Crippen LogP contribution in [-0.4, -0.2) is 66.3 Å². The Morgan fingerprint density at radius 3 is 2.52 bits per heavy atom. The number of carboxylic acids is 1. The second kappa shape index (κ2) is 10.5. The molecule has 0 bridgehead atoms.